The van der Waals surface area contributed by atoms with Crippen molar-refractivity contribution in [3.63, 3.8) is 0 Å². The van der Waals surface area contributed by atoms with Gasteiger partial charge in [0.15, 0.2) is 0 Å². The fourth-order valence-corrected chi connectivity index (χ4v) is 2.68. The van der Waals surface area contributed by atoms with Crippen molar-refractivity contribution < 1.29 is 4.39 Å². The average molecular weight is 251 g/mol. The summed E-state index contributed by atoms with van der Waals surface area (Å²) in [6.45, 7) is 6.58. The van der Waals surface area contributed by atoms with Crippen LogP contribution in [0.4, 0.5) is 4.39 Å². The summed E-state index contributed by atoms with van der Waals surface area (Å²) >= 11 is 0. The maximum absolute atomic E-state index is 13.1. The highest BCUT2D eigenvalue weighted by Crippen LogP contribution is 2.20. The Morgan fingerprint density at radius 3 is 2.94 bits per heavy atom. The van der Waals surface area contributed by atoms with Crippen molar-refractivity contribution in [1.82, 2.24) is 15.2 Å². The summed E-state index contributed by atoms with van der Waals surface area (Å²) in [6.07, 6.45) is 4.12. The smallest absolute Gasteiger partial charge is 0.141 e. The minimum atomic E-state index is -0.266. The molecule has 0 saturated carbocycles. The first-order chi connectivity index (χ1) is 8.56. The average Bonchev–Trinajstić information content (AvgIpc) is 2.32. The van der Waals surface area contributed by atoms with Crippen molar-refractivity contribution in [2.75, 3.05) is 20.1 Å². The molecular weight excluding hydrogens is 229 g/mol. The third-order valence-electron chi connectivity index (χ3n) is 3.80. The van der Waals surface area contributed by atoms with Crippen LogP contribution in [0.2, 0.25) is 0 Å². The minimum absolute atomic E-state index is 0.143. The Labute approximate surface area is 108 Å². The highest BCUT2D eigenvalue weighted by Gasteiger charge is 2.25. The normalized spacial score (nSPS) is 27.1. The molecule has 100 valence electrons. The Balaban J connectivity index is 1.97. The fraction of sp³-hybridized carbons (Fsp3) is 0.643. The van der Waals surface area contributed by atoms with Crippen molar-refractivity contribution >= 4 is 0 Å². The molecule has 0 aromatic carbocycles. The largest absolute Gasteiger partial charge is 0.307 e. The molecule has 1 saturated heterocycles. The molecule has 1 aliphatic heterocycles. The summed E-state index contributed by atoms with van der Waals surface area (Å²) < 4.78 is 13.1. The third kappa shape index (κ3) is 3.27. The van der Waals surface area contributed by atoms with Crippen molar-refractivity contribution in [2.24, 2.45) is 5.92 Å². The van der Waals surface area contributed by atoms with Crippen LogP contribution in [0.25, 0.3) is 0 Å². The zero-order chi connectivity index (χ0) is 13.1. The van der Waals surface area contributed by atoms with E-state index in [0.717, 1.165) is 25.1 Å². The van der Waals surface area contributed by atoms with E-state index in [1.165, 1.54) is 6.20 Å². The van der Waals surface area contributed by atoms with Crippen LogP contribution in [0, 0.1) is 11.7 Å². The van der Waals surface area contributed by atoms with Gasteiger partial charge in [-0.1, -0.05) is 6.92 Å². The number of likely N-dealkylation sites (tertiary alicyclic amines) is 1. The van der Waals surface area contributed by atoms with Crippen LogP contribution in [0.15, 0.2) is 18.5 Å². The molecule has 1 N–H and O–H groups in total. The molecular formula is C14H22FN3. The second kappa shape index (κ2) is 5.76. The first-order valence-corrected chi connectivity index (χ1v) is 6.61. The lowest BCUT2D eigenvalue weighted by atomic mass is 9.93. The SMILES string of the molecule is CC(NC1CCN(C)CC1C)c1cncc(F)c1. The van der Waals surface area contributed by atoms with Gasteiger partial charge in [-0.3, -0.25) is 4.98 Å². The molecule has 0 amide bonds. The third-order valence-corrected chi connectivity index (χ3v) is 3.80. The summed E-state index contributed by atoms with van der Waals surface area (Å²) in [6, 6.07) is 2.20. The van der Waals surface area contributed by atoms with E-state index in [4.69, 9.17) is 0 Å². The quantitative estimate of drug-likeness (QED) is 0.892. The van der Waals surface area contributed by atoms with Crippen molar-refractivity contribution in [2.45, 2.75) is 32.4 Å². The second-order valence-electron chi connectivity index (χ2n) is 5.46. The van der Waals surface area contributed by atoms with Crippen molar-refractivity contribution in [3.8, 4) is 0 Å². The summed E-state index contributed by atoms with van der Waals surface area (Å²) in [5.74, 6) is 0.352. The van der Waals surface area contributed by atoms with Gasteiger partial charge >= 0.3 is 0 Å². The van der Waals surface area contributed by atoms with E-state index >= 15 is 0 Å². The molecule has 1 aliphatic rings. The summed E-state index contributed by atoms with van der Waals surface area (Å²) in [7, 11) is 2.16. The number of rotatable bonds is 3. The van der Waals surface area contributed by atoms with E-state index in [9.17, 15) is 4.39 Å². The molecule has 3 unspecified atom stereocenters. The predicted octanol–water partition coefficient (Wildman–Crippen LogP) is 2.21. The van der Waals surface area contributed by atoms with E-state index < -0.39 is 0 Å². The maximum Gasteiger partial charge on any atom is 0.141 e. The monoisotopic (exact) mass is 251 g/mol. The minimum Gasteiger partial charge on any atom is -0.307 e. The van der Waals surface area contributed by atoms with Crippen LogP contribution >= 0.6 is 0 Å². The molecule has 2 rings (SSSR count). The van der Waals surface area contributed by atoms with Gasteiger partial charge in [0.1, 0.15) is 5.82 Å². The zero-order valence-electron chi connectivity index (χ0n) is 11.4. The lowest BCUT2D eigenvalue weighted by Crippen LogP contribution is -2.47. The lowest BCUT2D eigenvalue weighted by molar-refractivity contribution is 0.168. The van der Waals surface area contributed by atoms with Gasteiger partial charge in [0, 0.05) is 24.8 Å². The molecule has 3 atom stereocenters. The number of nitrogens with zero attached hydrogens (tertiary/aromatic N) is 2. The predicted molar refractivity (Wildman–Crippen MR) is 70.8 cm³/mol. The van der Waals surface area contributed by atoms with Gasteiger partial charge in [-0.15, -0.1) is 0 Å². The van der Waals surface area contributed by atoms with Crippen molar-refractivity contribution in [1.29, 1.82) is 0 Å². The van der Waals surface area contributed by atoms with Gasteiger partial charge < -0.3 is 10.2 Å². The summed E-state index contributed by atoms with van der Waals surface area (Å²) in [4.78, 5) is 6.26. The Bertz CT molecular complexity index is 396. The number of hydrogen-bond donors (Lipinski definition) is 1. The molecule has 0 radical (unpaired) electrons. The van der Waals surface area contributed by atoms with Gasteiger partial charge in [-0.2, -0.15) is 0 Å². The molecule has 2 heterocycles. The van der Waals surface area contributed by atoms with Crippen LogP contribution < -0.4 is 5.32 Å². The number of hydrogen-bond acceptors (Lipinski definition) is 3. The Hall–Kier alpha value is -1.00. The topological polar surface area (TPSA) is 28.2 Å². The van der Waals surface area contributed by atoms with Gasteiger partial charge in [0.25, 0.3) is 0 Å². The highest BCUT2D eigenvalue weighted by molar-refractivity contribution is 5.14. The molecule has 1 aromatic heterocycles. The number of piperidine rings is 1. The Morgan fingerprint density at radius 1 is 1.50 bits per heavy atom. The van der Waals surface area contributed by atoms with E-state index in [0.29, 0.717) is 12.0 Å². The van der Waals surface area contributed by atoms with Crippen LogP contribution in [0.3, 0.4) is 0 Å². The maximum atomic E-state index is 13.1. The molecule has 0 bridgehead atoms. The van der Waals surface area contributed by atoms with Gasteiger partial charge in [0.05, 0.1) is 6.20 Å². The van der Waals surface area contributed by atoms with E-state index in [2.05, 4.69) is 36.1 Å². The molecule has 1 fully saturated rings. The number of nitrogens with one attached hydrogen (secondary N) is 1. The Kier molecular flexibility index (Phi) is 4.30. The fourth-order valence-electron chi connectivity index (χ4n) is 2.68. The van der Waals surface area contributed by atoms with Crippen molar-refractivity contribution in [3.05, 3.63) is 29.8 Å². The van der Waals surface area contributed by atoms with Gasteiger partial charge in [-0.05, 0) is 44.5 Å². The molecule has 3 nitrogen and oxygen atoms in total. The Morgan fingerprint density at radius 2 is 2.28 bits per heavy atom. The van der Waals surface area contributed by atoms with Crippen LogP contribution in [0.5, 0.6) is 0 Å². The second-order valence-corrected chi connectivity index (χ2v) is 5.46. The molecule has 18 heavy (non-hydrogen) atoms. The molecule has 0 aliphatic carbocycles. The summed E-state index contributed by atoms with van der Waals surface area (Å²) in [5, 5.41) is 3.60. The van der Waals surface area contributed by atoms with Crippen LogP contribution in [-0.2, 0) is 0 Å². The number of halogens is 1. The molecule has 1 aromatic rings. The van der Waals surface area contributed by atoms with Gasteiger partial charge in [0.2, 0.25) is 0 Å². The lowest BCUT2D eigenvalue weighted by Gasteiger charge is -2.37. The van der Waals surface area contributed by atoms with Gasteiger partial charge in [-0.25, -0.2) is 4.39 Å². The standard InChI is InChI=1S/C14H22FN3/c1-10-9-18(3)5-4-14(10)17-11(2)12-6-13(15)8-16-7-12/h6-8,10-11,14,17H,4-5,9H2,1-3H3. The first kappa shape index (κ1) is 13.4. The van der Waals surface area contributed by atoms with E-state index in [-0.39, 0.29) is 11.9 Å². The number of aromatic nitrogens is 1. The van der Waals surface area contributed by atoms with E-state index in [1.807, 2.05) is 0 Å². The van der Waals surface area contributed by atoms with Crippen LogP contribution in [0.1, 0.15) is 31.9 Å². The molecule has 4 heteroatoms. The highest BCUT2D eigenvalue weighted by atomic mass is 19.1. The number of pyridine rings is 1. The first-order valence-electron chi connectivity index (χ1n) is 6.61. The van der Waals surface area contributed by atoms with E-state index in [1.54, 1.807) is 12.3 Å². The summed E-state index contributed by atoms with van der Waals surface area (Å²) in [5.41, 5.74) is 0.918. The zero-order valence-corrected chi connectivity index (χ0v) is 11.4. The molecule has 0 spiro atoms. The van der Waals surface area contributed by atoms with Crippen LogP contribution in [-0.4, -0.2) is 36.1 Å².